The van der Waals surface area contributed by atoms with Crippen molar-refractivity contribution in [3.8, 4) is 0 Å². The Bertz CT molecular complexity index is 534. The van der Waals surface area contributed by atoms with E-state index in [0.29, 0.717) is 11.4 Å². The minimum atomic E-state index is -0.195. The zero-order valence-corrected chi connectivity index (χ0v) is 11.1. The molecule has 0 saturated carbocycles. The summed E-state index contributed by atoms with van der Waals surface area (Å²) >= 11 is 1.74. The Labute approximate surface area is 110 Å². The average Bonchev–Trinajstić information content (AvgIpc) is 2.76. The Morgan fingerprint density at radius 3 is 2.67 bits per heavy atom. The van der Waals surface area contributed by atoms with Crippen LogP contribution in [-0.4, -0.2) is 16.8 Å². The second-order valence-corrected chi connectivity index (χ2v) is 5.08. The highest BCUT2D eigenvalue weighted by molar-refractivity contribution is 7.99. The van der Waals surface area contributed by atoms with Crippen molar-refractivity contribution in [2.24, 2.45) is 0 Å². The van der Waals surface area contributed by atoms with Gasteiger partial charge in [0.2, 0.25) is 5.88 Å². The van der Waals surface area contributed by atoms with Gasteiger partial charge in [-0.05, 0) is 36.9 Å². The maximum Gasteiger partial charge on any atom is 0.258 e. The molecule has 2 rings (SSSR count). The molecule has 1 heterocycles. The molecule has 4 nitrogen and oxygen atoms in total. The predicted octanol–water partition coefficient (Wildman–Crippen LogP) is 3.35. The van der Waals surface area contributed by atoms with Gasteiger partial charge >= 0.3 is 0 Å². The van der Waals surface area contributed by atoms with Crippen molar-refractivity contribution in [3.05, 3.63) is 41.6 Å². The highest BCUT2D eigenvalue weighted by Crippen LogP contribution is 2.18. The average molecular weight is 262 g/mol. The minimum Gasteiger partial charge on any atom is -0.338 e. The van der Waals surface area contributed by atoms with Crippen molar-refractivity contribution in [1.82, 2.24) is 5.16 Å². The molecule has 0 spiro atoms. The van der Waals surface area contributed by atoms with E-state index < -0.39 is 0 Å². The quantitative estimate of drug-likeness (QED) is 0.858. The van der Waals surface area contributed by atoms with E-state index in [2.05, 4.69) is 17.4 Å². The van der Waals surface area contributed by atoms with Crippen molar-refractivity contribution >= 4 is 23.6 Å². The molecule has 0 saturated heterocycles. The van der Waals surface area contributed by atoms with Crippen molar-refractivity contribution in [3.63, 3.8) is 0 Å². The van der Waals surface area contributed by atoms with Crippen LogP contribution in [0, 0.1) is 6.92 Å². The Morgan fingerprint density at radius 2 is 2.11 bits per heavy atom. The molecule has 0 aliphatic heterocycles. The first-order chi connectivity index (χ1) is 8.69. The van der Waals surface area contributed by atoms with Crippen molar-refractivity contribution < 1.29 is 9.32 Å². The molecule has 18 heavy (non-hydrogen) atoms. The van der Waals surface area contributed by atoms with Gasteiger partial charge in [-0.3, -0.25) is 10.1 Å². The summed E-state index contributed by atoms with van der Waals surface area (Å²) in [6.07, 6.45) is 0. The van der Waals surface area contributed by atoms with Crippen LogP contribution in [-0.2, 0) is 0 Å². The number of hydrogen-bond donors (Lipinski definition) is 1. The summed E-state index contributed by atoms with van der Waals surface area (Å²) < 4.78 is 4.93. The Hall–Kier alpha value is -1.75. The van der Waals surface area contributed by atoms with Crippen LogP contribution in [0.25, 0.3) is 0 Å². The Kier molecular flexibility index (Phi) is 4.04. The molecule has 1 aromatic heterocycles. The van der Waals surface area contributed by atoms with Crippen molar-refractivity contribution in [2.45, 2.75) is 18.7 Å². The lowest BCUT2D eigenvalue weighted by molar-refractivity contribution is 0.102. The highest BCUT2D eigenvalue weighted by Gasteiger charge is 2.08. The summed E-state index contributed by atoms with van der Waals surface area (Å²) in [6, 6.07) is 9.16. The topological polar surface area (TPSA) is 55.1 Å². The molecular weight excluding hydrogens is 248 g/mol. The minimum absolute atomic E-state index is 0.195. The fraction of sp³-hybridized carbons (Fsp3) is 0.231. The van der Waals surface area contributed by atoms with Gasteiger partial charge in [-0.2, -0.15) is 0 Å². The SMILES string of the molecule is CCSc1ccc(C(=O)Nc2cc(C)no2)cc1. The Morgan fingerprint density at radius 1 is 1.39 bits per heavy atom. The number of rotatable bonds is 4. The van der Waals surface area contributed by atoms with E-state index in [1.165, 1.54) is 0 Å². The number of nitrogens with zero attached hydrogens (tertiary/aromatic N) is 1. The standard InChI is InChI=1S/C13H14N2O2S/c1-3-18-11-6-4-10(5-7-11)13(16)14-12-8-9(2)15-17-12/h4-8H,3H2,1-2H3,(H,14,16). The molecule has 0 radical (unpaired) electrons. The van der Waals surface area contributed by atoms with Gasteiger partial charge in [0.1, 0.15) is 0 Å². The van der Waals surface area contributed by atoms with Gasteiger partial charge in [-0.1, -0.05) is 12.1 Å². The molecule has 0 fully saturated rings. The summed E-state index contributed by atoms with van der Waals surface area (Å²) in [7, 11) is 0. The summed E-state index contributed by atoms with van der Waals surface area (Å²) in [5, 5.41) is 6.36. The first-order valence-electron chi connectivity index (χ1n) is 5.66. The lowest BCUT2D eigenvalue weighted by Crippen LogP contribution is -2.11. The van der Waals surface area contributed by atoms with E-state index in [1.54, 1.807) is 36.9 Å². The lowest BCUT2D eigenvalue weighted by atomic mass is 10.2. The van der Waals surface area contributed by atoms with Crippen molar-refractivity contribution in [1.29, 1.82) is 0 Å². The molecule has 5 heteroatoms. The first kappa shape index (κ1) is 12.7. The van der Waals surface area contributed by atoms with E-state index >= 15 is 0 Å². The Balaban J connectivity index is 2.04. The predicted molar refractivity (Wildman–Crippen MR) is 72.0 cm³/mol. The normalized spacial score (nSPS) is 10.3. The maximum absolute atomic E-state index is 11.9. The number of anilines is 1. The first-order valence-corrected chi connectivity index (χ1v) is 6.65. The number of nitrogens with one attached hydrogen (secondary N) is 1. The largest absolute Gasteiger partial charge is 0.338 e. The second kappa shape index (κ2) is 5.73. The molecule has 1 N–H and O–H groups in total. The zero-order valence-electron chi connectivity index (χ0n) is 10.3. The van der Waals surface area contributed by atoms with Crippen LogP contribution in [0.5, 0.6) is 0 Å². The number of carbonyl (C=O) groups excluding carboxylic acids is 1. The van der Waals surface area contributed by atoms with Crippen LogP contribution in [0.2, 0.25) is 0 Å². The van der Waals surface area contributed by atoms with Crippen LogP contribution in [0.4, 0.5) is 5.88 Å². The number of aryl methyl sites for hydroxylation is 1. The number of aromatic nitrogens is 1. The molecular formula is C13H14N2O2S. The molecule has 94 valence electrons. The maximum atomic E-state index is 11.9. The molecule has 1 aromatic carbocycles. The van der Waals surface area contributed by atoms with E-state index in [4.69, 9.17) is 4.52 Å². The molecule has 0 aliphatic rings. The van der Waals surface area contributed by atoms with Crippen molar-refractivity contribution in [2.75, 3.05) is 11.1 Å². The van der Waals surface area contributed by atoms with Gasteiger partial charge in [0.15, 0.2) is 0 Å². The summed E-state index contributed by atoms with van der Waals surface area (Å²) in [5.41, 5.74) is 1.34. The number of amides is 1. The van der Waals surface area contributed by atoms with Crippen LogP contribution in [0.1, 0.15) is 23.0 Å². The smallest absolute Gasteiger partial charge is 0.258 e. The van der Waals surface area contributed by atoms with Gasteiger partial charge in [0.05, 0.1) is 5.69 Å². The van der Waals surface area contributed by atoms with Gasteiger partial charge in [0.25, 0.3) is 5.91 Å². The lowest BCUT2D eigenvalue weighted by Gasteiger charge is -2.02. The van der Waals surface area contributed by atoms with Crippen LogP contribution in [0.15, 0.2) is 39.8 Å². The summed E-state index contributed by atoms with van der Waals surface area (Å²) in [6.45, 7) is 3.90. The molecule has 0 unspecified atom stereocenters. The van der Waals surface area contributed by atoms with Crippen LogP contribution in [0.3, 0.4) is 0 Å². The van der Waals surface area contributed by atoms with Gasteiger partial charge in [0, 0.05) is 16.5 Å². The number of thioether (sulfide) groups is 1. The van der Waals surface area contributed by atoms with E-state index in [-0.39, 0.29) is 5.91 Å². The zero-order chi connectivity index (χ0) is 13.0. The third-order valence-corrected chi connectivity index (χ3v) is 3.19. The van der Waals surface area contributed by atoms with E-state index in [0.717, 1.165) is 16.3 Å². The molecule has 1 amide bonds. The fourth-order valence-corrected chi connectivity index (χ4v) is 2.14. The number of benzene rings is 1. The highest BCUT2D eigenvalue weighted by atomic mass is 32.2. The third kappa shape index (κ3) is 3.13. The molecule has 0 atom stereocenters. The summed E-state index contributed by atoms with van der Waals surface area (Å²) in [5.74, 6) is 1.19. The van der Waals surface area contributed by atoms with E-state index in [1.807, 2.05) is 12.1 Å². The second-order valence-electron chi connectivity index (χ2n) is 3.74. The number of carbonyl (C=O) groups is 1. The third-order valence-electron chi connectivity index (χ3n) is 2.29. The molecule has 0 aliphatic carbocycles. The van der Waals surface area contributed by atoms with Crippen LogP contribution < -0.4 is 5.32 Å². The number of hydrogen-bond acceptors (Lipinski definition) is 4. The van der Waals surface area contributed by atoms with Gasteiger partial charge in [-0.15, -0.1) is 11.8 Å². The monoisotopic (exact) mass is 262 g/mol. The van der Waals surface area contributed by atoms with Gasteiger partial charge in [-0.25, -0.2) is 0 Å². The van der Waals surface area contributed by atoms with Gasteiger partial charge < -0.3 is 4.52 Å². The fourth-order valence-electron chi connectivity index (χ4n) is 1.48. The molecule has 2 aromatic rings. The summed E-state index contributed by atoms with van der Waals surface area (Å²) in [4.78, 5) is 13.0. The van der Waals surface area contributed by atoms with E-state index in [9.17, 15) is 4.79 Å². The molecule has 0 bridgehead atoms. The van der Waals surface area contributed by atoms with Crippen LogP contribution >= 0.6 is 11.8 Å².